The van der Waals surface area contributed by atoms with Gasteiger partial charge in [-0.1, -0.05) is 12.1 Å². The number of hydrogen-bond acceptors (Lipinski definition) is 2. The molecule has 3 nitrogen and oxygen atoms in total. The third kappa shape index (κ3) is 3.01. The zero-order valence-corrected chi connectivity index (χ0v) is 11.3. The molecule has 0 fully saturated rings. The van der Waals surface area contributed by atoms with E-state index in [0.29, 0.717) is 17.7 Å². The van der Waals surface area contributed by atoms with Crippen LogP contribution in [0.1, 0.15) is 18.1 Å². The Hall–Kier alpha value is -1.82. The number of benzene rings is 1. The molecule has 0 saturated carbocycles. The van der Waals surface area contributed by atoms with Crippen molar-refractivity contribution in [1.29, 1.82) is 0 Å². The summed E-state index contributed by atoms with van der Waals surface area (Å²) in [5.41, 5.74) is 7.12. The van der Waals surface area contributed by atoms with Gasteiger partial charge in [0.2, 0.25) is 0 Å². The van der Waals surface area contributed by atoms with Crippen molar-refractivity contribution in [1.82, 2.24) is 9.78 Å². The zero-order chi connectivity index (χ0) is 14.9. The van der Waals surface area contributed by atoms with Crippen molar-refractivity contribution in [3.05, 3.63) is 41.6 Å². The average Bonchev–Trinajstić information content (AvgIpc) is 2.69. The highest BCUT2D eigenvalue weighted by Gasteiger charge is 2.30. The van der Waals surface area contributed by atoms with Crippen LogP contribution in [0.3, 0.4) is 0 Å². The lowest BCUT2D eigenvalue weighted by Crippen LogP contribution is -2.18. The van der Waals surface area contributed by atoms with Crippen molar-refractivity contribution in [3.8, 4) is 11.3 Å². The van der Waals surface area contributed by atoms with Crippen molar-refractivity contribution in [2.24, 2.45) is 12.8 Å². The van der Waals surface area contributed by atoms with Crippen LogP contribution in [0, 0.1) is 0 Å². The molecular weight excluding hydrogens is 267 g/mol. The quantitative estimate of drug-likeness (QED) is 0.941. The third-order valence-corrected chi connectivity index (χ3v) is 3.02. The number of alkyl halides is 3. The summed E-state index contributed by atoms with van der Waals surface area (Å²) in [7, 11) is 1.71. The van der Waals surface area contributed by atoms with Gasteiger partial charge in [-0.15, -0.1) is 0 Å². The molecule has 1 aromatic carbocycles. The van der Waals surface area contributed by atoms with E-state index in [1.807, 2.05) is 6.92 Å². The first kappa shape index (κ1) is 14.6. The molecule has 6 heteroatoms. The second-order valence-corrected chi connectivity index (χ2v) is 4.90. The van der Waals surface area contributed by atoms with Gasteiger partial charge in [0.15, 0.2) is 0 Å². The number of hydrogen-bond donors (Lipinski definition) is 1. The summed E-state index contributed by atoms with van der Waals surface area (Å²) < 4.78 is 39.9. The number of aromatic nitrogens is 2. The molecule has 2 N–H and O–H groups in total. The summed E-state index contributed by atoms with van der Waals surface area (Å²) in [4.78, 5) is 0. The fourth-order valence-corrected chi connectivity index (χ4v) is 2.19. The standard InChI is InChI=1S/C14H16F3N3/c1-9(18)6-11-8-19-20(2)13(11)10-4-3-5-12(7-10)14(15,16)17/h3-5,7-9H,6,18H2,1-2H3. The van der Waals surface area contributed by atoms with Crippen LogP contribution in [0.15, 0.2) is 30.5 Å². The Morgan fingerprint density at radius 1 is 1.35 bits per heavy atom. The van der Waals surface area contributed by atoms with Crippen molar-refractivity contribution in [3.63, 3.8) is 0 Å². The molecule has 0 aliphatic heterocycles. The summed E-state index contributed by atoms with van der Waals surface area (Å²) >= 11 is 0. The van der Waals surface area contributed by atoms with E-state index in [4.69, 9.17) is 5.73 Å². The second-order valence-electron chi connectivity index (χ2n) is 4.90. The van der Waals surface area contributed by atoms with Gasteiger partial charge in [-0.05, 0) is 31.0 Å². The van der Waals surface area contributed by atoms with Gasteiger partial charge in [-0.2, -0.15) is 18.3 Å². The molecule has 1 aromatic heterocycles. The van der Waals surface area contributed by atoms with Crippen LogP contribution >= 0.6 is 0 Å². The first-order valence-electron chi connectivity index (χ1n) is 6.23. The number of halogens is 3. The largest absolute Gasteiger partial charge is 0.416 e. The molecule has 0 saturated heterocycles. The Balaban J connectivity index is 2.49. The summed E-state index contributed by atoms with van der Waals surface area (Å²) in [5.74, 6) is 0. The lowest BCUT2D eigenvalue weighted by Gasteiger charge is -2.11. The first-order chi connectivity index (χ1) is 9.29. The molecule has 2 rings (SSSR count). The van der Waals surface area contributed by atoms with Gasteiger partial charge in [-0.3, -0.25) is 4.68 Å². The van der Waals surface area contributed by atoms with Crippen LogP contribution in [-0.2, 0) is 19.6 Å². The monoisotopic (exact) mass is 283 g/mol. The number of aryl methyl sites for hydroxylation is 1. The van der Waals surface area contributed by atoms with Gasteiger partial charge in [0.25, 0.3) is 0 Å². The Morgan fingerprint density at radius 3 is 2.65 bits per heavy atom. The van der Waals surface area contributed by atoms with Crippen molar-refractivity contribution in [2.75, 3.05) is 0 Å². The summed E-state index contributed by atoms with van der Waals surface area (Å²) in [6.45, 7) is 1.85. The fraction of sp³-hybridized carbons (Fsp3) is 0.357. The molecular formula is C14H16F3N3. The predicted molar refractivity (Wildman–Crippen MR) is 71.0 cm³/mol. The van der Waals surface area contributed by atoms with Gasteiger partial charge < -0.3 is 5.73 Å². The summed E-state index contributed by atoms with van der Waals surface area (Å²) in [6, 6.07) is 5.17. The molecule has 0 amide bonds. The van der Waals surface area contributed by atoms with Crippen LogP contribution in [0.2, 0.25) is 0 Å². The maximum absolute atomic E-state index is 12.8. The van der Waals surface area contributed by atoms with Crippen LogP contribution in [0.4, 0.5) is 13.2 Å². The topological polar surface area (TPSA) is 43.8 Å². The highest BCUT2D eigenvalue weighted by Crippen LogP contribution is 2.33. The fourth-order valence-electron chi connectivity index (χ4n) is 2.19. The molecule has 2 aromatic rings. The van der Waals surface area contributed by atoms with Crippen LogP contribution in [0.25, 0.3) is 11.3 Å². The van der Waals surface area contributed by atoms with E-state index in [0.717, 1.165) is 17.7 Å². The van der Waals surface area contributed by atoms with Crippen molar-refractivity contribution >= 4 is 0 Å². The Bertz CT molecular complexity index is 600. The maximum atomic E-state index is 12.8. The molecule has 0 radical (unpaired) electrons. The normalized spacial score (nSPS) is 13.5. The van der Waals surface area contributed by atoms with E-state index in [1.54, 1.807) is 24.0 Å². The SMILES string of the molecule is CC(N)Cc1cnn(C)c1-c1cccc(C(F)(F)F)c1. The molecule has 20 heavy (non-hydrogen) atoms. The van der Waals surface area contributed by atoms with Gasteiger partial charge in [-0.25, -0.2) is 0 Å². The van der Waals surface area contributed by atoms with Crippen LogP contribution < -0.4 is 5.73 Å². The lowest BCUT2D eigenvalue weighted by atomic mass is 10.0. The molecule has 0 aliphatic rings. The van der Waals surface area contributed by atoms with Crippen LogP contribution in [0.5, 0.6) is 0 Å². The summed E-state index contributed by atoms with van der Waals surface area (Å²) in [5, 5.41) is 4.12. The van der Waals surface area contributed by atoms with Gasteiger partial charge in [0.05, 0.1) is 17.5 Å². The molecule has 0 aliphatic carbocycles. The first-order valence-corrected chi connectivity index (χ1v) is 6.23. The van der Waals surface area contributed by atoms with Gasteiger partial charge in [0, 0.05) is 18.7 Å². The van der Waals surface area contributed by atoms with Crippen molar-refractivity contribution in [2.45, 2.75) is 25.6 Å². The minimum absolute atomic E-state index is 0.0799. The van der Waals surface area contributed by atoms with E-state index in [9.17, 15) is 13.2 Å². The smallest absolute Gasteiger partial charge is 0.328 e. The minimum atomic E-state index is -4.35. The molecule has 108 valence electrons. The van der Waals surface area contributed by atoms with E-state index >= 15 is 0 Å². The highest BCUT2D eigenvalue weighted by atomic mass is 19.4. The van der Waals surface area contributed by atoms with E-state index in [2.05, 4.69) is 5.10 Å². The molecule has 0 bridgehead atoms. The average molecular weight is 283 g/mol. The van der Waals surface area contributed by atoms with Crippen LogP contribution in [-0.4, -0.2) is 15.8 Å². The number of nitrogens with two attached hydrogens (primary N) is 1. The number of rotatable bonds is 3. The zero-order valence-electron chi connectivity index (χ0n) is 11.3. The Labute approximate surface area is 115 Å². The molecule has 1 heterocycles. The Kier molecular flexibility index (Phi) is 3.85. The lowest BCUT2D eigenvalue weighted by molar-refractivity contribution is -0.137. The van der Waals surface area contributed by atoms with E-state index < -0.39 is 11.7 Å². The van der Waals surface area contributed by atoms with Gasteiger partial charge >= 0.3 is 6.18 Å². The number of nitrogens with zero attached hydrogens (tertiary/aromatic N) is 2. The third-order valence-electron chi connectivity index (χ3n) is 3.02. The predicted octanol–water partition coefficient (Wildman–Crippen LogP) is 3.00. The van der Waals surface area contributed by atoms with Gasteiger partial charge in [0.1, 0.15) is 0 Å². The Morgan fingerprint density at radius 2 is 2.05 bits per heavy atom. The second kappa shape index (κ2) is 5.28. The molecule has 0 spiro atoms. The maximum Gasteiger partial charge on any atom is 0.416 e. The minimum Gasteiger partial charge on any atom is -0.328 e. The summed E-state index contributed by atoms with van der Waals surface area (Å²) in [6.07, 6.45) is -2.13. The van der Waals surface area contributed by atoms with E-state index in [-0.39, 0.29) is 6.04 Å². The van der Waals surface area contributed by atoms with E-state index in [1.165, 1.54) is 6.07 Å². The van der Waals surface area contributed by atoms with Crippen molar-refractivity contribution < 1.29 is 13.2 Å². The molecule has 1 unspecified atom stereocenters. The molecule has 1 atom stereocenters. The highest BCUT2D eigenvalue weighted by molar-refractivity contribution is 5.64.